The predicted octanol–water partition coefficient (Wildman–Crippen LogP) is 2.58. The maximum absolute atomic E-state index is 13.3. The average molecular weight is 450 g/mol. The van der Waals surface area contributed by atoms with Gasteiger partial charge >= 0.3 is 12.1 Å². The van der Waals surface area contributed by atoms with Crippen LogP contribution in [0.5, 0.6) is 5.75 Å². The summed E-state index contributed by atoms with van der Waals surface area (Å²) >= 11 is 0. The van der Waals surface area contributed by atoms with Crippen molar-refractivity contribution in [3.63, 3.8) is 0 Å². The number of rotatable bonds is 2. The minimum absolute atomic E-state index is 0.0575. The van der Waals surface area contributed by atoms with Gasteiger partial charge in [-0.2, -0.15) is 17.5 Å². The lowest BCUT2D eigenvalue weighted by Gasteiger charge is -2.31. The second-order valence-electron chi connectivity index (χ2n) is 7.87. The third-order valence-corrected chi connectivity index (χ3v) is 7.42. The number of carbonyl (C=O) groups is 1. The largest absolute Gasteiger partial charge is 0.490 e. The predicted molar refractivity (Wildman–Crippen MR) is 102 cm³/mol. The van der Waals surface area contributed by atoms with Crippen molar-refractivity contribution < 1.29 is 36.2 Å². The van der Waals surface area contributed by atoms with Gasteiger partial charge in [0, 0.05) is 13.1 Å². The van der Waals surface area contributed by atoms with Crippen LogP contribution in [-0.2, 0) is 14.8 Å². The summed E-state index contributed by atoms with van der Waals surface area (Å²) in [4.78, 5) is 11.5. The van der Waals surface area contributed by atoms with Crippen LogP contribution in [0.25, 0.3) is 0 Å². The Kier molecular flexibility index (Phi) is 6.63. The maximum atomic E-state index is 13.3. The summed E-state index contributed by atoms with van der Waals surface area (Å²) in [5.41, 5.74) is 0. The number of benzene rings is 1. The first kappa shape index (κ1) is 22.8. The molecule has 1 aromatic carbocycles. The number of alkyl halides is 3. The first-order valence-corrected chi connectivity index (χ1v) is 11.2. The van der Waals surface area contributed by atoms with E-state index in [4.69, 9.17) is 14.6 Å². The normalized spacial score (nSPS) is 26.7. The Bertz CT molecular complexity index is 873. The molecular weight excluding hydrogens is 425 g/mol. The molecule has 11 heteroatoms. The molecule has 1 aliphatic carbocycles. The Balaban J connectivity index is 0.000000318. The van der Waals surface area contributed by atoms with Crippen LogP contribution in [-0.4, -0.2) is 73.7 Å². The molecule has 7 nitrogen and oxygen atoms in total. The van der Waals surface area contributed by atoms with E-state index in [0.29, 0.717) is 23.1 Å². The molecular formula is C19H25F3N2O5S. The summed E-state index contributed by atoms with van der Waals surface area (Å²) in [7, 11) is -1.39. The summed E-state index contributed by atoms with van der Waals surface area (Å²) in [5, 5.41) is 7.12. The number of fused-ring (bicyclic) bond motifs is 2. The SMILES string of the molecule is CN1CC[C@@H]2Oc3ccccc3S(=O)(=O)N(CC3CC3)[C@H]2CC1.O=C(O)C(F)(F)F. The van der Waals surface area contributed by atoms with E-state index in [9.17, 15) is 21.6 Å². The van der Waals surface area contributed by atoms with Crippen molar-refractivity contribution in [3.05, 3.63) is 24.3 Å². The number of carboxylic acids is 1. The van der Waals surface area contributed by atoms with Gasteiger partial charge in [0.2, 0.25) is 10.0 Å². The van der Waals surface area contributed by atoms with E-state index >= 15 is 0 Å². The number of hydrogen-bond donors (Lipinski definition) is 1. The van der Waals surface area contributed by atoms with Gasteiger partial charge < -0.3 is 14.7 Å². The summed E-state index contributed by atoms with van der Waals surface area (Å²) in [5.74, 6) is -1.71. The molecule has 2 fully saturated rings. The van der Waals surface area contributed by atoms with Crippen molar-refractivity contribution in [1.29, 1.82) is 0 Å². The molecule has 0 bridgehead atoms. The Labute approximate surface area is 173 Å². The molecule has 3 aliphatic rings. The number of halogens is 3. The van der Waals surface area contributed by atoms with Gasteiger partial charge in [-0.25, -0.2) is 13.2 Å². The van der Waals surface area contributed by atoms with Crippen molar-refractivity contribution >= 4 is 16.0 Å². The molecule has 168 valence electrons. The molecule has 1 saturated heterocycles. The van der Waals surface area contributed by atoms with Crippen molar-refractivity contribution in [3.8, 4) is 5.75 Å². The zero-order valence-corrected chi connectivity index (χ0v) is 17.3. The number of para-hydroxylation sites is 1. The van der Waals surface area contributed by atoms with E-state index in [0.717, 1.165) is 38.8 Å². The van der Waals surface area contributed by atoms with Crippen LogP contribution in [0.3, 0.4) is 0 Å². The highest BCUT2D eigenvalue weighted by molar-refractivity contribution is 7.89. The third kappa shape index (κ3) is 5.25. The lowest BCUT2D eigenvalue weighted by Crippen LogP contribution is -2.48. The van der Waals surface area contributed by atoms with E-state index in [2.05, 4.69) is 11.9 Å². The van der Waals surface area contributed by atoms with Gasteiger partial charge in [-0.3, -0.25) is 0 Å². The van der Waals surface area contributed by atoms with Crippen LogP contribution in [0.15, 0.2) is 29.2 Å². The number of ether oxygens (including phenoxy) is 1. The number of sulfonamides is 1. The molecule has 1 aromatic rings. The van der Waals surface area contributed by atoms with Crippen LogP contribution >= 0.6 is 0 Å². The van der Waals surface area contributed by atoms with Crippen LogP contribution in [0, 0.1) is 5.92 Å². The monoisotopic (exact) mass is 450 g/mol. The highest BCUT2D eigenvalue weighted by Crippen LogP contribution is 2.39. The minimum Gasteiger partial charge on any atom is -0.487 e. The van der Waals surface area contributed by atoms with Crippen molar-refractivity contribution in [1.82, 2.24) is 9.21 Å². The van der Waals surface area contributed by atoms with Crippen LogP contribution < -0.4 is 4.74 Å². The maximum Gasteiger partial charge on any atom is 0.490 e. The molecule has 2 aliphatic heterocycles. The van der Waals surface area contributed by atoms with E-state index in [1.807, 2.05) is 6.07 Å². The number of likely N-dealkylation sites (tertiary alicyclic amines) is 1. The highest BCUT2D eigenvalue weighted by Gasteiger charge is 2.44. The Morgan fingerprint density at radius 2 is 1.77 bits per heavy atom. The van der Waals surface area contributed by atoms with Gasteiger partial charge in [-0.15, -0.1) is 0 Å². The van der Waals surface area contributed by atoms with Gasteiger partial charge in [0.15, 0.2) is 0 Å². The fourth-order valence-corrected chi connectivity index (χ4v) is 5.55. The van der Waals surface area contributed by atoms with Gasteiger partial charge in [0.1, 0.15) is 16.7 Å². The third-order valence-electron chi connectivity index (χ3n) is 5.49. The summed E-state index contributed by atoms with van der Waals surface area (Å²) in [6.45, 7) is 2.50. The number of nitrogens with zero attached hydrogens (tertiary/aromatic N) is 2. The average Bonchev–Trinajstić information content (AvgIpc) is 3.49. The second-order valence-corrected chi connectivity index (χ2v) is 9.73. The summed E-state index contributed by atoms with van der Waals surface area (Å²) in [6, 6.07) is 7.05. The summed E-state index contributed by atoms with van der Waals surface area (Å²) < 4.78 is 66.2. The lowest BCUT2D eigenvalue weighted by molar-refractivity contribution is -0.192. The fraction of sp³-hybridized carbons (Fsp3) is 0.632. The molecule has 0 radical (unpaired) electrons. The molecule has 0 unspecified atom stereocenters. The standard InChI is InChI=1S/C17H24N2O3S.C2HF3O2/c1-18-10-8-14-15(9-11-18)22-16-4-2-3-5-17(16)23(20,21)19(14)12-13-6-7-13;3-2(4,5)1(6)7/h2-5,13-15H,6-12H2,1H3;(H,6,7)/t14-,15-;/m0./s1. The zero-order chi connectivity index (χ0) is 22.1. The Hall–Kier alpha value is -1.85. The molecule has 4 rings (SSSR count). The van der Waals surface area contributed by atoms with Crippen LogP contribution in [0.1, 0.15) is 25.7 Å². The van der Waals surface area contributed by atoms with Gasteiger partial charge in [-0.1, -0.05) is 12.1 Å². The highest BCUT2D eigenvalue weighted by atomic mass is 32.2. The van der Waals surface area contributed by atoms with Crippen molar-refractivity contribution in [2.45, 2.75) is 48.9 Å². The van der Waals surface area contributed by atoms with E-state index in [1.54, 1.807) is 22.5 Å². The van der Waals surface area contributed by atoms with Gasteiger partial charge in [0.25, 0.3) is 0 Å². The quantitative estimate of drug-likeness (QED) is 0.745. The molecule has 1 saturated carbocycles. The first-order chi connectivity index (χ1) is 14.0. The van der Waals surface area contributed by atoms with E-state index < -0.39 is 22.2 Å². The van der Waals surface area contributed by atoms with Crippen molar-refractivity contribution in [2.75, 3.05) is 26.7 Å². The van der Waals surface area contributed by atoms with E-state index in [-0.39, 0.29) is 12.1 Å². The topological polar surface area (TPSA) is 87.2 Å². The van der Waals surface area contributed by atoms with Crippen LogP contribution in [0.2, 0.25) is 0 Å². The molecule has 1 N–H and O–H groups in total. The van der Waals surface area contributed by atoms with Gasteiger partial charge in [0.05, 0.1) is 6.04 Å². The minimum atomic E-state index is -5.08. The molecule has 0 aromatic heterocycles. The second kappa shape index (κ2) is 8.72. The Morgan fingerprint density at radius 1 is 1.17 bits per heavy atom. The molecule has 30 heavy (non-hydrogen) atoms. The smallest absolute Gasteiger partial charge is 0.487 e. The number of carboxylic acid groups (broad SMARTS) is 1. The number of aliphatic carboxylic acids is 1. The summed E-state index contributed by atoms with van der Waals surface area (Å²) in [6.07, 6.45) is -1.15. The molecule has 0 spiro atoms. The molecule has 0 amide bonds. The molecule has 2 heterocycles. The van der Waals surface area contributed by atoms with Gasteiger partial charge in [-0.05, 0) is 57.3 Å². The lowest BCUT2D eigenvalue weighted by atomic mass is 10.1. The first-order valence-electron chi connectivity index (χ1n) is 9.76. The molecule has 2 atom stereocenters. The number of hydrogen-bond acceptors (Lipinski definition) is 5. The van der Waals surface area contributed by atoms with E-state index in [1.165, 1.54) is 0 Å². The van der Waals surface area contributed by atoms with Crippen LogP contribution in [0.4, 0.5) is 13.2 Å². The Morgan fingerprint density at radius 3 is 2.37 bits per heavy atom. The zero-order valence-electron chi connectivity index (χ0n) is 16.5. The van der Waals surface area contributed by atoms with Crippen molar-refractivity contribution in [2.24, 2.45) is 5.92 Å². The fourth-order valence-electron chi connectivity index (χ4n) is 3.67.